The zero-order chi connectivity index (χ0) is 12.4. The molecule has 0 spiro atoms. The average Bonchev–Trinajstić information content (AvgIpc) is 2.30. The fraction of sp³-hybridized carbons (Fsp3) is 0. The molecule has 0 saturated heterocycles. The van der Waals surface area contributed by atoms with Crippen LogP contribution >= 0.6 is 12.6 Å². The molecule has 17 heavy (non-hydrogen) atoms. The zero-order valence-corrected chi connectivity index (χ0v) is 9.69. The van der Waals surface area contributed by atoms with Gasteiger partial charge in [0.05, 0.1) is 5.56 Å². The third kappa shape index (κ3) is 2.42. The molecule has 0 unspecified atom stereocenters. The quantitative estimate of drug-likeness (QED) is 0.714. The van der Waals surface area contributed by atoms with Crippen LogP contribution in [0.2, 0.25) is 0 Å². The van der Waals surface area contributed by atoms with E-state index in [2.05, 4.69) is 12.6 Å². The van der Waals surface area contributed by atoms with Crippen molar-refractivity contribution in [3.05, 3.63) is 48.0 Å². The molecule has 0 atom stereocenters. The minimum atomic E-state index is -1.06. The molecule has 0 aliphatic carbocycles. The van der Waals surface area contributed by atoms with E-state index in [1.807, 2.05) is 24.3 Å². The van der Waals surface area contributed by atoms with Gasteiger partial charge in [-0.2, -0.15) is 0 Å². The number of carbonyl (C=O) groups is 1. The summed E-state index contributed by atoms with van der Waals surface area (Å²) in [6.07, 6.45) is 0. The van der Waals surface area contributed by atoms with Crippen molar-refractivity contribution in [2.45, 2.75) is 4.90 Å². The Bertz CT molecular complexity index is 561. The van der Waals surface area contributed by atoms with E-state index in [4.69, 9.17) is 5.11 Å². The second kappa shape index (κ2) is 4.51. The van der Waals surface area contributed by atoms with Crippen molar-refractivity contribution in [1.29, 1.82) is 0 Å². The number of phenolic OH excluding ortho intramolecular Hbond substituents is 1. The van der Waals surface area contributed by atoms with Gasteiger partial charge in [-0.1, -0.05) is 12.1 Å². The second-order valence-corrected chi connectivity index (χ2v) is 4.10. The van der Waals surface area contributed by atoms with Crippen LogP contribution < -0.4 is 0 Å². The molecule has 0 amide bonds. The molecule has 0 fully saturated rings. The van der Waals surface area contributed by atoms with Gasteiger partial charge in [0.1, 0.15) is 5.75 Å². The van der Waals surface area contributed by atoms with Crippen molar-refractivity contribution in [2.75, 3.05) is 0 Å². The lowest BCUT2D eigenvalue weighted by atomic mass is 10.0. The number of carboxylic acid groups (broad SMARTS) is 1. The van der Waals surface area contributed by atoms with E-state index in [1.165, 1.54) is 12.1 Å². The van der Waals surface area contributed by atoms with Gasteiger partial charge in [-0.3, -0.25) is 0 Å². The van der Waals surface area contributed by atoms with Crippen LogP contribution in [0.25, 0.3) is 11.1 Å². The van der Waals surface area contributed by atoms with Gasteiger partial charge in [-0.25, -0.2) is 4.79 Å². The van der Waals surface area contributed by atoms with Gasteiger partial charge < -0.3 is 10.2 Å². The maximum Gasteiger partial charge on any atom is 0.335 e. The number of rotatable bonds is 2. The highest BCUT2D eigenvalue weighted by molar-refractivity contribution is 7.80. The number of aromatic hydroxyl groups is 1. The first kappa shape index (κ1) is 11.5. The first-order chi connectivity index (χ1) is 8.08. The summed E-state index contributed by atoms with van der Waals surface area (Å²) in [6.45, 7) is 0. The standard InChI is InChI=1S/C13H10O3S/c14-12-7-9(13(15)16)3-6-11(12)8-1-4-10(17)5-2-8/h1-7,14,17H,(H,15,16). The third-order valence-corrected chi connectivity index (χ3v) is 2.72. The topological polar surface area (TPSA) is 57.5 Å². The normalized spacial score (nSPS) is 10.2. The number of thiol groups is 1. The van der Waals surface area contributed by atoms with Gasteiger partial charge in [-0.05, 0) is 35.9 Å². The van der Waals surface area contributed by atoms with Crippen molar-refractivity contribution in [1.82, 2.24) is 0 Å². The first-order valence-corrected chi connectivity index (χ1v) is 5.38. The molecule has 0 aliphatic rings. The maximum absolute atomic E-state index is 10.7. The highest BCUT2D eigenvalue weighted by Crippen LogP contribution is 2.30. The van der Waals surface area contributed by atoms with Crippen LogP contribution in [0.4, 0.5) is 0 Å². The van der Waals surface area contributed by atoms with E-state index in [0.717, 1.165) is 10.5 Å². The number of hydrogen-bond donors (Lipinski definition) is 3. The van der Waals surface area contributed by atoms with E-state index >= 15 is 0 Å². The van der Waals surface area contributed by atoms with Crippen molar-refractivity contribution < 1.29 is 15.0 Å². The lowest BCUT2D eigenvalue weighted by Gasteiger charge is -2.06. The van der Waals surface area contributed by atoms with Crippen molar-refractivity contribution in [3.63, 3.8) is 0 Å². The van der Waals surface area contributed by atoms with Crippen LogP contribution in [0.1, 0.15) is 10.4 Å². The maximum atomic E-state index is 10.7. The molecule has 0 radical (unpaired) electrons. The molecule has 3 nitrogen and oxygen atoms in total. The summed E-state index contributed by atoms with van der Waals surface area (Å²) >= 11 is 4.17. The minimum Gasteiger partial charge on any atom is -0.507 e. The molecule has 2 aromatic carbocycles. The first-order valence-electron chi connectivity index (χ1n) is 4.93. The molecule has 2 N–H and O–H groups in total. The molecule has 2 rings (SSSR count). The van der Waals surface area contributed by atoms with E-state index < -0.39 is 5.97 Å². The Morgan fingerprint density at radius 3 is 2.24 bits per heavy atom. The third-order valence-electron chi connectivity index (χ3n) is 2.42. The Labute approximate surface area is 104 Å². The molecular weight excluding hydrogens is 236 g/mol. The van der Waals surface area contributed by atoms with Crippen LogP contribution in [-0.2, 0) is 0 Å². The number of benzene rings is 2. The predicted molar refractivity (Wildman–Crippen MR) is 67.8 cm³/mol. The van der Waals surface area contributed by atoms with Crippen LogP contribution in [-0.4, -0.2) is 16.2 Å². The lowest BCUT2D eigenvalue weighted by molar-refractivity contribution is 0.0696. The summed E-state index contributed by atoms with van der Waals surface area (Å²) in [4.78, 5) is 11.6. The number of carboxylic acids is 1. The molecule has 0 aromatic heterocycles. The van der Waals surface area contributed by atoms with Crippen molar-refractivity contribution in [3.8, 4) is 16.9 Å². The molecule has 0 saturated carbocycles. The molecule has 0 bridgehead atoms. The van der Waals surface area contributed by atoms with Crippen LogP contribution in [0.15, 0.2) is 47.4 Å². The summed E-state index contributed by atoms with van der Waals surface area (Å²) in [5.74, 6) is -1.10. The Morgan fingerprint density at radius 1 is 1.06 bits per heavy atom. The van der Waals surface area contributed by atoms with Gasteiger partial charge >= 0.3 is 5.97 Å². The highest BCUT2D eigenvalue weighted by atomic mass is 32.1. The van der Waals surface area contributed by atoms with Gasteiger partial charge in [0, 0.05) is 10.5 Å². The van der Waals surface area contributed by atoms with Gasteiger partial charge in [0.25, 0.3) is 0 Å². The largest absolute Gasteiger partial charge is 0.507 e. The predicted octanol–water partition coefficient (Wildman–Crippen LogP) is 3.05. The Morgan fingerprint density at radius 2 is 1.71 bits per heavy atom. The Balaban J connectivity index is 2.46. The Hall–Kier alpha value is -1.94. The van der Waals surface area contributed by atoms with Gasteiger partial charge in [-0.15, -0.1) is 12.6 Å². The fourth-order valence-corrected chi connectivity index (χ4v) is 1.70. The monoisotopic (exact) mass is 246 g/mol. The molecular formula is C13H10O3S. The summed E-state index contributed by atoms with van der Waals surface area (Å²) in [7, 11) is 0. The minimum absolute atomic E-state index is 0.0446. The molecule has 2 aromatic rings. The van der Waals surface area contributed by atoms with Crippen LogP contribution in [0.5, 0.6) is 5.75 Å². The van der Waals surface area contributed by atoms with Crippen LogP contribution in [0.3, 0.4) is 0 Å². The molecule has 0 aliphatic heterocycles. The van der Waals surface area contributed by atoms with Gasteiger partial charge in [0.2, 0.25) is 0 Å². The highest BCUT2D eigenvalue weighted by Gasteiger charge is 2.08. The van der Waals surface area contributed by atoms with Crippen molar-refractivity contribution >= 4 is 18.6 Å². The van der Waals surface area contributed by atoms with Crippen LogP contribution in [0, 0.1) is 0 Å². The Kier molecular flexibility index (Phi) is 3.06. The number of aromatic carboxylic acids is 1. The van der Waals surface area contributed by atoms with Gasteiger partial charge in [0.15, 0.2) is 0 Å². The zero-order valence-electron chi connectivity index (χ0n) is 8.79. The SMILES string of the molecule is O=C(O)c1ccc(-c2ccc(S)cc2)c(O)c1. The number of phenols is 1. The smallest absolute Gasteiger partial charge is 0.335 e. The van der Waals surface area contributed by atoms with E-state index in [0.29, 0.717) is 5.56 Å². The van der Waals surface area contributed by atoms with E-state index in [-0.39, 0.29) is 11.3 Å². The summed E-state index contributed by atoms with van der Waals surface area (Å²) in [5.41, 5.74) is 1.48. The molecule has 0 heterocycles. The van der Waals surface area contributed by atoms with E-state index in [1.54, 1.807) is 6.07 Å². The second-order valence-electron chi connectivity index (χ2n) is 3.58. The summed E-state index contributed by atoms with van der Waals surface area (Å²) < 4.78 is 0. The molecule has 4 heteroatoms. The number of hydrogen-bond acceptors (Lipinski definition) is 3. The summed E-state index contributed by atoms with van der Waals surface area (Å²) in [6, 6.07) is 11.5. The van der Waals surface area contributed by atoms with E-state index in [9.17, 15) is 9.90 Å². The fourth-order valence-electron chi connectivity index (χ4n) is 1.55. The van der Waals surface area contributed by atoms with Crippen molar-refractivity contribution in [2.24, 2.45) is 0 Å². The average molecular weight is 246 g/mol. The lowest BCUT2D eigenvalue weighted by Crippen LogP contribution is -1.95. The molecule has 86 valence electrons. The summed E-state index contributed by atoms with van der Waals surface area (Å²) in [5, 5.41) is 18.6.